The Kier molecular flexibility index (Phi) is 5.06. The van der Waals surface area contributed by atoms with Gasteiger partial charge in [0.15, 0.2) is 0 Å². The van der Waals surface area contributed by atoms with E-state index in [0.29, 0.717) is 0 Å². The summed E-state index contributed by atoms with van der Waals surface area (Å²) in [5.74, 6) is 0.227. The second kappa shape index (κ2) is 6.17. The van der Waals surface area contributed by atoms with Gasteiger partial charge in [-0.2, -0.15) is 0 Å². The Morgan fingerprint density at radius 1 is 1.10 bits per heavy atom. The molecule has 1 saturated carbocycles. The van der Waals surface area contributed by atoms with Gasteiger partial charge in [-0.05, 0) is 49.5 Å². The molecule has 4 nitrogen and oxygen atoms in total. The first kappa shape index (κ1) is 17.2. The molecule has 1 atom stereocenters. The zero-order chi connectivity index (χ0) is 15.7. The first-order chi connectivity index (χ1) is 9.57. The summed E-state index contributed by atoms with van der Waals surface area (Å²) in [4.78, 5) is 0. The molecule has 0 aromatic heterocycles. The number of sulfonamides is 1. The third kappa shape index (κ3) is 5.53. The fraction of sp³-hybridized carbons (Fsp3) is 1.00. The molecule has 0 amide bonds. The average Bonchev–Trinajstić information content (AvgIpc) is 2.23. The van der Waals surface area contributed by atoms with Gasteiger partial charge >= 0.3 is 0 Å². The zero-order valence-electron chi connectivity index (χ0n) is 14.0. The molecule has 1 heterocycles. The van der Waals surface area contributed by atoms with E-state index in [2.05, 4.69) is 37.7 Å². The monoisotopic (exact) mass is 316 g/mol. The van der Waals surface area contributed by atoms with Crippen molar-refractivity contribution in [2.75, 3.05) is 12.3 Å². The minimum absolute atomic E-state index is 0.0809. The van der Waals surface area contributed by atoms with Crippen molar-refractivity contribution in [3.63, 3.8) is 0 Å². The van der Waals surface area contributed by atoms with Crippen LogP contribution in [0.1, 0.15) is 66.2 Å². The van der Waals surface area contributed by atoms with Crippen molar-refractivity contribution in [2.24, 2.45) is 10.8 Å². The van der Waals surface area contributed by atoms with Gasteiger partial charge in [0.1, 0.15) is 0 Å². The number of hydrogen-bond acceptors (Lipinski definition) is 3. The molecule has 2 aliphatic rings. The van der Waals surface area contributed by atoms with E-state index < -0.39 is 10.0 Å². The Hall–Kier alpha value is -0.130. The maximum absolute atomic E-state index is 12.4. The number of hydrogen-bond donors (Lipinski definition) is 2. The van der Waals surface area contributed by atoms with Gasteiger partial charge in [0.2, 0.25) is 10.0 Å². The van der Waals surface area contributed by atoms with Crippen LogP contribution in [-0.4, -0.2) is 32.8 Å². The predicted octanol–water partition coefficient (Wildman–Crippen LogP) is 2.65. The SMILES string of the molecule is CC1(C)CC(NS(=O)(=O)CC2CCCCN2)CC(C)(C)C1. The summed E-state index contributed by atoms with van der Waals surface area (Å²) >= 11 is 0. The highest BCUT2D eigenvalue weighted by molar-refractivity contribution is 7.89. The molecule has 1 aliphatic heterocycles. The Morgan fingerprint density at radius 3 is 2.24 bits per heavy atom. The fourth-order valence-corrected chi connectivity index (χ4v) is 6.15. The van der Waals surface area contributed by atoms with E-state index in [9.17, 15) is 8.42 Å². The summed E-state index contributed by atoms with van der Waals surface area (Å²) in [6, 6.07) is 0.207. The lowest BCUT2D eigenvalue weighted by atomic mass is 9.64. The zero-order valence-corrected chi connectivity index (χ0v) is 14.9. The molecule has 2 fully saturated rings. The molecule has 0 aromatic rings. The van der Waals surface area contributed by atoms with E-state index in [1.54, 1.807) is 0 Å². The topological polar surface area (TPSA) is 58.2 Å². The van der Waals surface area contributed by atoms with Gasteiger partial charge in [-0.25, -0.2) is 13.1 Å². The summed E-state index contributed by atoms with van der Waals surface area (Å²) < 4.78 is 27.9. The van der Waals surface area contributed by atoms with Gasteiger partial charge in [-0.3, -0.25) is 0 Å². The van der Waals surface area contributed by atoms with Gasteiger partial charge in [-0.15, -0.1) is 0 Å². The van der Waals surface area contributed by atoms with Crippen LogP contribution in [0.2, 0.25) is 0 Å². The van der Waals surface area contributed by atoms with E-state index >= 15 is 0 Å². The molecule has 1 unspecified atom stereocenters. The molecule has 124 valence electrons. The van der Waals surface area contributed by atoms with E-state index in [4.69, 9.17) is 0 Å². The van der Waals surface area contributed by atoms with Crippen molar-refractivity contribution in [3.05, 3.63) is 0 Å². The molecular weight excluding hydrogens is 284 g/mol. The molecule has 0 aromatic carbocycles. The van der Waals surface area contributed by atoms with Crippen molar-refractivity contribution in [3.8, 4) is 0 Å². The third-order valence-electron chi connectivity index (χ3n) is 4.73. The van der Waals surface area contributed by atoms with Crippen LogP contribution in [0.25, 0.3) is 0 Å². The van der Waals surface area contributed by atoms with Crippen LogP contribution in [0.5, 0.6) is 0 Å². The summed E-state index contributed by atoms with van der Waals surface area (Å²) in [7, 11) is -3.19. The largest absolute Gasteiger partial charge is 0.313 e. The number of nitrogens with one attached hydrogen (secondary N) is 2. The van der Waals surface area contributed by atoms with Crippen LogP contribution in [-0.2, 0) is 10.0 Å². The fourth-order valence-electron chi connectivity index (χ4n) is 4.56. The average molecular weight is 317 g/mol. The highest BCUT2D eigenvalue weighted by Crippen LogP contribution is 2.45. The van der Waals surface area contributed by atoms with Crippen molar-refractivity contribution < 1.29 is 8.42 Å². The molecule has 2 N–H and O–H groups in total. The standard InChI is InChI=1S/C16H32N2O2S/c1-15(2)9-14(10-16(3,4)12-15)18-21(19,20)11-13-7-5-6-8-17-13/h13-14,17-18H,5-12H2,1-4H3. The maximum atomic E-state index is 12.4. The van der Waals surface area contributed by atoms with E-state index in [1.807, 2.05) is 0 Å². The van der Waals surface area contributed by atoms with Crippen LogP contribution >= 0.6 is 0 Å². The maximum Gasteiger partial charge on any atom is 0.213 e. The van der Waals surface area contributed by atoms with Crippen LogP contribution in [0.3, 0.4) is 0 Å². The van der Waals surface area contributed by atoms with Crippen LogP contribution in [0.4, 0.5) is 0 Å². The molecule has 0 spiro atoms. The quantitative estimate of drug-likeness (QED) is 0.838. The molecule has 0 bridgehead atoms. The van der Waals surface area contributed by atoms with Crippen molar-refractivity contribution >= 4 is 10.0 Å². The van der Waals surface area contributed by atoms with Crippen molar-refractivity contribution in [2.45, 2.75) is 78.3 Å². The van der Waals surface area contributed by atoms with E-state index in [1.165, 1.54) is 0 Å². The summed E-state index contributed by atoms with van der Waals surface area (Å²) in [5.41, 5.74) is 0.413. The lowest BCUT2D eigenvalue weighted by Gasteiger charge is -2.45. The molecule has 0 radical (unpaired) electrons. The summed E-state index contributed by atoms with van der Waals surface area (Å²) in [6.45, 7) is 9.94. The number of rotatable bonds is 4. The molecule has 5 heteroatoms. The van der Waals surface area contributed by atoms with E-state index in [0.717, 1.165) is 45.1 Å². The third-order valence-corrected chi connectivity index (χ3v) is 6.27. The molecule has 21 heavy (non-hydrogen) atoms. The Bertz CT molecular complexity index is 435. The molecule has 1 saturated heterocycles. The normalized spacial score (nSPS) is 30.2. The highest BCUT2D eigenvalue weighted by Gasteiger charge is 2.39. The minimum Gasteiger partial charge on any atom is -0.313 e. The van der Waals surface area contributed by atoms with Gasteiger partial charge in [0.25, 0.3) is 0 Å². The van der Waals surface area contributed by atoms with Crippen LogP contribution in [0.15, 0.2) is 0 Å². The lowest BCUT2D eigenvalue weighted by molar-refractivity contribution is 0.0934. The van der Waals surface area contributed by atoms with Crippen LogP contribution < -0.4 is 10.0 Å². The van der Waals surface area contributed by atoms with Crippen molar-refractivity contribution in [1.82, 2.24) is 10.0 Å². The summed E-state index contributed by atoms with van der Waals surface area (Å²) in [5, 5.41) is 3.33. The molecule has 1 aliphatic carbocycles. The first-order valence-electron chi connectivity index (χ1n) is 8.30. The van der Waals surface area contributed by atoms with E-state index in [-0.39, 0.29) is 28.7 Å². The smallest absolute Gasteiger partial charge is 0.213 e. The second-order valence-corrected chi connectivity index (χ2v) is 10.5. The van der Waals surface area contributed by atoms with Crippen molar-refractivity contribution in [1.29, 1.82) is 0 Å². The Balaban J connectivity index is 1.95. The lowest BCUT2D eigenvalue weighted by Crippen LogP contribution is -2.49. The van der Waals surface area contributed by atoms with Crippen LogP contribution in [0, 0.1) is 10.8 Å². The van der Waals surface area contributed by atoms with Gasteiger partial charge in [-0.1, -0.05) is 34.1 Å². The van der Waals surface area contributed by atoms with Gasteiger partial charge in [0.05, 0.1) is 5.75 Å². The Morgan fingerprint density at radius 2 is 1.71 bits per heavy atom. The highest BCUT2D eigenvalue weighted by atomic mass is 32.2. The summed E-state index contributed by atoms with van der Waals surface area (Å²) in [6.07, 6.45) is 6.30. The molecular formula is C16H32N2O2S. The first-order valence-corrected chi connectivity index (χ1v) is 9.96. The predicted molar refractivity (Wildman–Crippen MR) is 87.8 cm³/mol. The van der Waals surface area contributed by atoms with Gasteiger partial charge in [0, 0.05) is 12.1 Å². The minimum atomic E-state index is -3.19. The van der Waals surface area contributed by atoms with Gasteiger partial charge < -0.3 is 5.32 Å². The number of piperidine rings is 1. The molecule has 2 rings (SSSR count). The second-order valence-electron chi connectivity index (χ2n) is 8.66. The Labute approximate surface area is 130 Å².